The zero-order valence-corrected chi connectivity index (χ0v) is 18.9. The highest BCUT2D eigenvalue weighted by molar-refractivity contribution is 7.91. The molecule has 0 bridgehead atoms. The van der Waals surface area contributed by atoms with Crippen molar-refractivity contribution < 1.29 is 26.4 Å². The molecule has 12 heteroatoms. The highest BCUT2D eigenvalue weighted by Crippen LogP contribution is 2.35. The van der Waals surface area contributed by atoms with Gasteiger partial charge in [-0.3, -0.25) is 9.59 Å². The van der Waals surface area contributed by atoms with Crippen LogP contribution in [0.5, 0.6) is 0 Å². The summed E-state index contributed by atoms with van der Waals surface area (Å²) in [6.45, 7) is 4.96. The number of carbonyl (C=O) groups excluding carboxylic acids is 2. The summed E-state index contributed by atoms with van der Waals surface area (Å²) in [7, 11) is -7.96. The summed E-state index contributed by atoms with van der Waals surface area (Å²) in [5.74, 6) is -1.28. The zero-order valence-electron chi connectivity index (χ0n) is 16.5. The Bertz CT molecular complexity index is 1180. The van der Waals surface area contributed by atoms with Gasteiger partial charge >= 0.3 is 0 Å². The lowest BCUT2D eigenvalue weighted by atomic mass is 10.1. The Hall–Kier alpha value is -2.12. The maximum Gasteiger partial charge on any atom is 0.253 e. The second kappa shape index (κ2) is 7.54. The Morgan fingerprint density at radius 1 is 1.07 bits per heavy atom. The molecule has 1 unspecified atom stereocenters. The average Bonchev–Trinajstić information content (AvgIpc) is 3.23. The third-order valence-electron chi connectivity index (χ3n) is 4.50. The predicted molar refractivity (Wildman–Crippen MR) is 112 cm³/mol. The lowest BCUT2D eigenvalue weighted by Crippen LogP contribution is -2.54. The van der Waals surface area contributed by atoms with Crippen LogP contribution in [0.4, 0.5) is 5.69 Å². The largest absolute Gasteiger partial charge is 0.274 e. The van der Waals surface area contributed by atoms with Gasteiger partial charge < -0.3 is 0 Å². The van der Waals surface area contributed by atoms with E-state index in [1.165, 1.54) is 30.3 Å². The zero-order chi connectivity index (χ0) is 22.5. The molecule has 0 saturated carbocycles. The van der Waals surface area contributed by atoms with E-state index in [-0.39, 0.29) is 21.2 Å². The van der Waals surface area contributed by atoms with Gasteiger partial charge in [0.15, 0.2) is 0 Å². The molecule has 2 aromatic rings. The van der Waals surface area contributed by atoms with Crippen molar-refractivity contribution in [2.45, 2.75) is 47.9 Å². The van der Waals surface area contributed by atoms with Gasteiger partial charge in [0.05, 0.1) is 17.0 Å². The van der Waals surface area contributed by atoms with Gasteiger partial charge in [0.2, 0.25) is 15.9 Å². The number of rotatable bonds is 5. The number of amides is 2. The number of hydrogen-bond donors (Lipinski definition) is 1. The fourth-order valence-electron chi connectivity index (χ4n) is 3.36. The number of hydrogen-bond acceptors (Lipinski definition) is 7. The molecule has 30 heavy (non-hydrogen) atoms. The standard InChI is InChI=1S/C18H21N3O6S3/c1-18(2,3)21(30(26,27)16-5-4-10-28-16)14-11-15(22)20(17(14)23)12-6-8-13(9-7-12)29(19,24)25/h4-10,14H,11H2,1-3H3,(H2,19,24,25). The van der Waals surface area contributed by atoms with Crippen molar-refractivity contribution in [3.8, 4) is 0 Å². The lowest BCUT2D eigenvalue weighted by molar-refractivity contribution is -0.122. The van der Waals surface area contributed by atoms with Crippen LogP contribution < -0.4 is 10.0 Å². The van der Waals surface area contributed by atoms with Crippen LogP contribution in [-0.4, -0.2) is 44.5 Å². The minimum Gasteiger partial charge on any atom is -0.274 e. The van der Waals surface area contributed by atoms with E-state index in [1.807, 2.05) is 0 Å². The fourth-order valence-corrected chi connectivity index (χ4v) is 6.88. The van der Waals surface area contributed by atoms with Crippen molar-refractivity contribution in [3.05, 3.63) is 41.8 Å². The molecule has 3 rings (SSSR count). The SMILES string of the molecule is CC(C)(C)N(C1CC(=O)N(c2ccc(S(N)(=O)=O)cc2)C1=O)S(=O)(=O)c1cccs1. The molecule has 1 fully saturated rings. The van der Waals surface area contributed by atoms with Gasteiger partial charge in [-0.05, 0) is 56.5 Å². The van der Waals surface area contributed by atoms with Crippen molar-refractivity contribution in [3.63, 3.8) is 0 Å². The van der Waals surface area contributed by atoms with Crippen molar-refractivity contribution in [1.29, 1.82) is 0 Å². The van der Waals surface area contributed by atoms with Crippen LogP contribution in [0, 0.1) is 0 Å². The van der Waals surface area contributed by atoms with E-state index in [1.54, 1.807) is 32.2 Å². The van der Waals surface area contributed by atoms with Crippen LogP contribution in [0.2, 0.25) is 0 Å². The summed E-state index contributed by atoms with van der Waals surface area (Å²) >= 11 is 1.03. The highest BCUT2D eigenvalue weighted by atomic mass is 32.2. The molecule has 1 aromatic carbocycles. The Morgan fingerprint density at radius 2 is 1.67 bits per heavy atom. The van der Waals surface area contributed by atoms with E-state index in [0.717, 1.165) is 20.5 Å². The van der Waals surface area contributed by atoms with Crippen molar-refractivity contribution in [1.82, 2.24) is 4.31 Å². The molecule has 1 aliphatic rings. The quantitative estimate of drug-likeness (QED) is 0.657. The van der Waals surface area contributed by atoms with E-state index >= 15 is 0 Å². The maximum absolute atomic E-state index is 13.3. The predicted octanol–water partition coefficient (Wildman–Crippen LogP) is 1.52. The molecule has 1 saturated heterocycles. The summed E-state index contributed by atoms with van der Waals surface area (Å²) in [5.41, 5.74) is -0.834. The average molecular weight is 472 g/mol. The third-order valence-corrected chi connectivity index (χ3v) is 8.97. The number of anilines is 1. The Labute approximate surface area is 179 Å². The number of sulfonamides is 2. The molecule has 1 atom stereocenters. The number of nitrogens with two attached hydrogens (primary N) is 1. The molecule has 162 valence electrons. The van der Waals surface area contributed by atoms with Crippen LogP contribution in [0.1, 0.15) is 27.2 Å². The van der Waals surface area contributed by atoms with Crippen molar-refractivity contribution in [2.24, 2.45) is 5.14 Å². The Morgan fingerprint density at radius 3 is 2.13 bits per heavy atom. The summed E-state index contributed by atoms with van der Waals surface area (Å²) in [6, 6.07) is 6.76. The normalized spacial score (nSPS) is 18.4. The second-order valence-electron chi connectivity index (χ2n) is 7.73. The van der Waals surface area contributed by atoms with Crippen LogP contribution >= 0.6 is 11.3 Å². The first-order valence-electron chi connectivity index (χ1n) is 8.82. The third kappa shape index (κ3) is 4.05. The number of nitrogens with zero attached hydrogens (tertiary/aromatic N) is 2. The smallest absolute Gasteiger partial charge is 0.253 e. The first kappa shape index (κ1) is 22.6. The molecular formula is C18H21N3O6S3. The number of thiophene rings is 1. The molecule has 9 nitrogen and oxygen atoms in total. The molecule has 0 aliphatic carbocycles. The number of carbonyl (C=O) groups is 2. The molecule has 0 spiro atoms. The van der Waals surface area contributed by atoms with Gasteiger partial charge in [-0.25, -0.2) is 26.9 Å². The maximum atomic E-state index is 13.3. The number of benzene rings is 1. The first-order valence-corrected chi connectivity index (χ1v) is 12.7. The van der Waals surface area contributed by atoms with E-state index in [2.05, 4.69) is 0 Å². The number of imide groups is 1. The van der Waals surface area contributed by atoms with Crippen LogP contribution in [-0.2, 0) is 29.6 Å². The lowest BCUT2D eigenvalue weighted by Gasteiger charge is -2.37. The molecule has 1 aromatic heterocycles. The summed E-state index contributed by atoms with van der Waals surface area (Å²) in [4.78, 5) is 26.5. The van der Waals surface area contributed by atoms with Gasteiger partial charge in [-0.2, -0.15) is 4.31 Å². The monoisotopic (exact) mass is 471 g/mol. The van der Waals surface area contributed by atoms with Gasteiger partial charge in [0, 0.05) is 5.54 Å². The minimum absolute atomic E-state index is 0.0774. The summed E-state index contributed by atoms with van der Waals surface area (Å²) in [6.07, 6.45) is -0.322. The van der Waals surface area contributed by atoms with Gasteiger partial charge in [0.25, 0.3) is 15.9 Å². The molecular weight excluding hydrogens is 450 g/mol. The van der Waals surface area contributed by atoms with Gasteiger partial charge in [-0.15, -0.1) is 11.3 Å². The molecule has 2 amide bonds. The Balaban J connectivity index is 2.01. The fraction of sp³-hybridized carbons (Fsp3) is 0.333. The van der Waals surface area contributed by atoms with Crippen LogP contribution in [0.25, 0.3) is 0 Å². The van der Waals surface area contributed by atoms with E-state index in [4.69, 9.17) is 5.14 Å². The molecule has 0 radical (unpaired) electrons. The van der Waals surface area contributed by atoms with Gasteiger partial charge in [0.1, 0.15) is 10.3 Å². The molecule has 2 N–H and O–H groups in total. The Kier molecular flexibility index (Phi) is 5.67. The van der Waals surface area contributed by atoms with E-state index in [9.17, 15) is 26.4 Å². The molecule has 2 heterocycles. The highest BCUT2D eigenvalue weighted by Gasteiger charge is 2.50. The summed E-state index contributed by atoms with van der Waals surface area (Å²) < 4.78 is 50.5. The van der Waals surface area contributed by atoms with Gasteiger partial charge in [-0.1, -0.05) is 6.07 Å². The van der Waals surface area contributed by atoms with Crippen molar-refractivity contribution >= 4 is 48.9 Å². The topological polar surface area (TPSA) is 135 Å². The van der Waals surface area contributed by atoms with E-state index < -0.39 is 43.4 Å². The second-order valence-corrected chi connectivity index (χ2v) is 12.3. The minimum atomic E-state index is -4.03. The van der Waals surface area contributed by atoms with Crippen LogP contribution in [0.15, 0.2) is 50.9 Å². The van der Waals surface area contributed by atoms with Crippen LogP contribution in [0.3, 0.4) is 0 Å². The summed E-state index contributed by atoms with van der Waals surface area (Å²) in [5, 5.41) is 6.69. The van der Waals surface area contributed by atoms with E-state index in [0.29, 0.717) is 0 Å². The van der Waals surface area contributed by atoms with Crippen molar-refractivity contribution in [2.75, 3.05) is 4.90 Å². The first-order chi connectivity index (χ1) is 13.7. The molecule has 1 aliphatic heterocycles. The number of primary sulfonamides is 1.